The number of phenolic OH excluding ortho intramolecular Hbond substituents is 2. The van der Waals surface area contributed by atoms with Gasteiger partial charge < -0.3 is 15.1 Å². The molecule has 2 aromatic rings. The molecule has 2 aliphatic heterocycles. The van der Waals surface area contributed by atoms with E-state index in [0.29, 0.717) is 11.7 Å². The van der Waals surface area contributed by atoms with Crippen LogP contribution in [0, 0.1) is 0 Å². The Morgan fingerprint density at radius 2 is 1.83 bits per heavy atom. The van der Waals surface area contributed by atoms with Gasteiger partial charge in [0.1, 0.15) is 0 Å². The van der Waals surface area contributed by atoms with E-state index in [2.05, 4.69) is 20.0 Å². The van der Waals surface area contributed by atoms with Crippen molar-refractivity contribution in [3.05, 3.63) is 30.3 Å². The Labute approximate surface area is 141 Å². The third-order valence-corrected chi connectivity index (χ3v) is 5.08. The normalized spacial score (nSPS) is 21.5. The Morgan fingerprint density at radius 3 is 2.62 bits per heavy atom. The SMILES string of the molecule is Oc1ccc(-c2ccc(N3CCN4CCCC[C@@H]4C3)nn2)cc1O. The van der Waals surface area contributed by atoms with Crippen LogP contribution in [-0.2, 0) is 0 Å². The van der Waals surface area contributed by atoms with Crippen molar-refractivity contribution in [2.24, 2.45) is 0 Å². The number of hydrogen-bond donors (Lipinski definition) is 2. The van der Waals surface area contributed by atoms with Crippen molar-refractivity contribution in [2.45, 2.75) is 25.3 Å². The van der Waals surface area contributed by atoms with Crippen LogP contribution in [0.1, 0.15) is 19.3 Å². The van der Waals surface area contributed by atoms with E-state index in [1.807, 2.05) is 12.1 Å². The molecule has 0 radical (unpaired) electrons. The molecule has 1 atom stereocenters. The Morgan fingerprint density at radius 1 is 0.917 bits per heavy atom. The van der Waals surface area contributed by atoms with Gasteiger partial charge in [0, 0.05) is 31.2 Å². The lowest BCUT2D eigenvalue weighted by Crippen LogP contribution is -2.55. The highest BCUT2D eigenvalue weighted by molar-refractivity contribution is 5.63. The zero-order valence-electron chi connectivity index (χ0n) is 13.6. The Kier molecular flexibility index (Phi) is 3.98. The molecule has 2 fully saturated rings. The standard InChI is InChI=1S/C18H22N4O2/c23-16-6-4-13(11-17(16)24)15-5-7-18(20-19-15)22-10-9-21-8-2-1-3-14(21)12-22/h4-7,11,14,23-24H,1-3,8-10,12H2/t14-/m1/s1. The lowest BCUT2D eigenvalue weighted by atomic mass is 9.99. The topological polar surface area (TPSA) is 72.7 Å². The summed E-state index contributed by atoms with van der Waals surface area (Å²) in [6, 6.07) is 9.23. The first-order chi connectivity index (χ1) is 11.7. The molecule has 6 heteroatoms. The molecule has 126 valence electrons. The summed E-state index contributed by atoms with van der Waals surface area (Å²) in [5, 5.41) is 27.7. The first kappa shape index (κ1) is 15.2. The van der Waals surface area contributed by atoms with Crippen LogP contribution in [0.5, 0.6) is 11.5 Å². The highest BCUT2D eigenvalue weighted by Gasteiger charge is 2.29. The van der Waals surface area contributed by atoms with Crippen LogP contribution in [0.2, 0.25) is 0 Å². The lowest BCUT2D eigenvalue weighted by molar-refractivity contribution is 0.133. The maximum Gasteiger partial charge on any atom is 0.158 e. The molecule has 1 aromatic carbocycles. The predicted molar refractivity (Wildman–Crippen MR) is 92.2 cm³/mol. The average Bonchev–Trinajstić information content (AvgIpc) is 2.64. The van der Waals surface area contributed by atoms with E-state index < -0.39 is 0 Å². The van der Waals surface area contributed by atoms with Gasteiger partial charge in [0.15, 0.2) is 17.3 Å². The van der Waals surface area contributed by atoms with E-state index in [1.54, 1.807) is 6.07 Å². The second-order valence-electron chi connectivity index (χ2n) is 6.61. The van der Waals surface area contributed by atoms with Crippen LogP contribution >= 0.6 is 0 Å². The van der Waals surface area contributed by atoms with E-state index in [-0.39, 0.29) is 11.5 Å². The van der Waals surface area contributed by atoms with Gasteiger partial charge in [0.05, 0.1) is 5.69 Å². The summed E-state index contributed by atoms with van der Waals surface area (Å²) >= 11 is 0. The largest absolute Gasteiger partial charge is 0.504 e. The van der Waals surface area contributed by atoms with Crippen molar-refractivity contribution in [3.8, 4) is 22.8 Å². The maximum atomic E-state index is 9.62. The maximum absolute atomic E-state index is 9.62. The highest BCUT2D eigenvalue weighted by Crippen LogP contribution is 2.30. The molecule has 2 saturated heterocycles. The van der Waals surface area contributed by atoms with E-state index in [0.717, 1.165) is 31.0 Å². The smallest absolute Gasteiger partial charge is 0.158 e. The van der Waals surface area contributed by atoms with Gasteiger partial charge in [0.2, 0.25) is 0 Å². The van der Waals surface area contributed by atoms with Crippen molar-refractivity contribution < 1.29 is 10.2 Å². The van der Waals surface area contributed by atoms with Gasteiger partial charge in [-0.2, -0.15) is 0 Å². The number of aromatic hydroxyl groups is 2. The van der Waals surface area contributed by atoms with Gasteiger partial charge in [-0.25, -0.2) is 0 Å². The van der Waals surface area contributed by atoms with E-state index >= 15 is 0 Å². The molecule has 0 spiro atoms. The molecule has 2 N–H and O–H groups in total. The molecule has 4 rings (SSSR count). The van der Waals surface area contributed by atoms with Crippen LogP contribution in [-0.4, -0.2) is 57.5 Å². The summed E-state index contributed by atoms with van der Waals surface area (Å²) in [5.74, 6) is 0.632. The first-order valence-electron chi connectivity index (χ1n) is 8.56. The molecule has 24 heavy (non-hydrogen) atoms. The fourth-order valence-corrected chi connectivity index (χ4v) is 3.69. The number of nitrogens with zero attached hydrogens (tertiary/aromatic N) is 4. The van der Waals surface area contributed by atoms with E-state index in [4.69, 9.17) is 0 Å². The third kappa shape index (κ3) is 2.89. The fourth-order valence-electron chi connectivity index (χ4n) is 3.69. The Hall–Kier alpha value is -2.34. The van der Waals surface area contributed by atoms with Crippen LogP contribution < -0.4 is 4.90 Å². The minimum Gasteiger partial charge on any atom is -0.504 e. The first-order valence-corrected chi connectivity index (χ1v) is 8.56. The number of hydrogen-bond acceptors (Lipinski definition) is 6. The summed E-state index contributed by atoms with van der Waals surface area (Å²) in [7, 11) is 0. The van der Waals surface area contributed by atoms with Crippen LogP contribution in [0.3, 0.4) is 0 Å². The molecule has 1 aromatic heterocycles. The van der Waals surface area contributed by atoms with Crippen LogP contribution in [0.25, 0.3) is 11.3 Å². The zero-order valence-corrected chi connectivity index (χ0v) is 13.6. The summed E-state index contributed by atoms with van der Waals surface area (Å²) in [5.41, 5.74) is 1.42. The second-order valence-corrected chi connectivity index (χ2v) is 6.61. The number of rotatable bonds is 2. The molecule has 0 amide bonds. The summed E-state index contributed by atoms with van der Waals surface area (Å²) < 4.78 is 0. The van der Waals surface area contributed by atoms with Gasteiger partial charge in [0.25, 0.3) is 0 Å². The predicted octanol–water partition coefficient (Wildman–Crippen LogP) is 2.23. The lowest BCUT2D eigenvalue weighted by Gasteiger charge is -2.44. The summed E-state index contributed by atoms with van der Waals surface area (Å²) in [4.78, 5) is 4.92. The number of piperidine rings is 1. The quantitative estimate of drug-likeness (QED) is 0.825. The number of benzene rings is 1. The minimum absolute atomic E-state index is 0.131. The molecule has 2 aliphatic rings. The molecule has 3 heterocycles. The third-order valence-electron chi connectivity index (χ3n) is 5.08. The van der Waals surface area contributed by atoms with Crippen molar-refractivity contribution in [2.75, 3.05) is 31.1 Å². The molecule has 0 aliphatic carbocycles. The fraction of sp³-hybridized carbons (Fsp3) is 0.444. The molecule has 6 nitrogen and oxygen atoms in total. The van der Waals surface area contributed by atoms with Crippen molar-refractivity contribution in [1.29, 1.82) is 0 Å². The molecule has 0 bridgehead atoms. The average molecular weight is 326 g/mol. The van der Waals surface area contributed by atoms with Gasteiger partial charge in [-0.1, -0.05) is 6.42 Å². The number of anilines is 1. The number of fused-ring (bicyclic) bond motifs is 1. The minimum atomic E-state index is -0.146. The van der Waals surface area contributed by atoms with Gasteiger partial charge in [-0.15, -0.1) is 10.2 Å². The highest BCUT2D eigenvalue weighted by atomic mass is 16.3. The zero-order chi connectivity index (χ0) is 16.5. The molecule has 0 unspecified atom stereocenters. The Bertz CT molecular complexity index is 719. The second kappa shape index (κ2) is 6.28. The van der Waals surface area contributed by atoms with Crippen molar-refractivity contribution in [3.63, 3.8) is 0 Å². The molecular weight excluding hydrogens is 304 g/mol. The van der Waals surface area contributed by atoms with Gasteiger partial charge >= 0.3 is 0 Å². The summed E-state index contributed by atoms with van der Waals surface area (Å²) in [6.07, 6.45) is 3.92. The monoisotopic (exact) mass is 326 g/mol. The molecule has 0 saturated carbocycles. The van der Waals surface area contributed by atoms with Crippen LogP contribution in [0.4, 0.5) is 5.82 Å². The summed E-state index contributed by atoms with van der Waals surface area (Å²) in [6.45, 7) is 4.34. The number of aromatic nitrogens is 2. The van der Waals surface area contributed by atoms with Crippen LogP contribution in [0.15, 0.2) is 30.3 Å². The van der Waals surface area contributed by atoms with E-state index in [1.165, 1.54) is 37.9 Å². The number of piperazine rings is 1. The van der Waals surface area contributed by atoms with Crippen molar-refractivity contribution >= 4 is 5.82 Å². The van der Waals surface area contributed by atoms with Gasteiger partial charge in [-0.3, -0.25) is 4.90 Å². The molecular formula is C18H22N4O2. The number of phenols is 2. The van der Waals surface area contributed by atoms with Crippen molar-refractivity contribution in [1.82, 2.24) is 15.1 Å². The Balaban J connectivity index is 1.50. The van der Waals surface area contributed by atoms with Gasteiger partial charge in [-0.05, 0) is 49.7 Å². The van der Waals surface area contributed by atoms with E-state index in [9.17, 15) is 10.2 Å².